The van der Waals surface area contributed by atoms with E-state index in [0.717, 1.165) is 0 Å². The SMILES string of the molecule is CC(C)(C)NC(=O)C[C@@H]1C[C@@H](C(=O)N2CCOCC2)[C@@]2(C)N(CC[C@]23Nc2ccc(Cl)cc2C3=O)C1=O. The van der Waals surface area contributed by atoms with E-state index in [1.807, 2.05) is 27.7 Å². The van der Waals surface area contributed by atoms with Gasteiger partial charge in [-0.3, -0.25) is 19.2 Å². The van der Waals surface area contributed by atoms with Gasteiger partial charge in [-0.05, 0) is 58.7 Å². The summed E-state index contributed by atoms with van der Waals surface area (Å²) < 4.78 is 5.46. The molecule has 4 aliphatic rings. The Kier molecular flexibility index (Phi) is 6.30. The zero-order valence-electron chi connectivity index (χ0n) is 21.9. The van der Waals surface area contributed by atoms with Gasteiger partial charge in [-0.2, -0.15) is 0 Å². The van der Waals surface area contributed by atoms with Crippen LogP contribution in [0.1, 0.15) is 57.3 Å². The largest absolute Gasteiger partial charge is 0.378 e. The van der Waals surface area contributed by atoms with Crippen molar-refractivity contribution in [3.63, 3.8) is 0 Å². The predicted molar refractivity (Wildman–Crippen MR) is 138 cm³/mol. The topological polar surface area (TPSA) is 108 Å². The van der Waals surface area contributed by atoms with Gasteiger partial charge in [-0.1, -0.05) is 11.6 Å². The molecule has 1 spiro atoms. The molecule has 3 fully saturated rings. The molecule has 1 aromatic carbocycles. The number of amides is 3. The van der Waals surface area contributed by atoms with E-state index in [-0.39, 0.29) is 36.3 Å². The lowest BCUT2D eigenvalue weighted by atomic mass is 9.63. The standard InChI is InChI=1S/C27H35ClN4O5/c1-25(2,3)30-21(33)14-16-13-19(24(36)31-9-11-37-12-10-31)26(4)27(7-8-32(26)23(16)35)22(34)18-15-17(28)5-6-20(18)29-27/h5-6,15-16,19,29H,7-14H2,1-4H3,(H,30,33)/t16-,19-,26+,27+/m0/s1. The van der Waals surface area contributed by atoms with Gasteiger partial charge in [0.15, 0.2) is 5.78 Å². The van der Waals surface area contributed by atoms with Gasteiger partial charge in [0.05, 0.1) is 24.7 Å². The molecule has 0 saturated carbocycles. The summed E-state index contributed by atoms with van der Waals surface area (Å²) in [5.41, 5.74) is -1.56. The highest BCUT2D eigenvalue weighted by Crippen LogP contribution is 2.55. The summed E-state index contributed by atoms with van der Waals surface area (Å²) in [5, 5.41) is 6.84. The third-order valence-electron chi connectivity index (χ3n) is 8.48. The van der Waals surface area contributed by atoms with Crippen LogP contribution in [0.3, 0.4) is 0 Å². The van der Waals surface area contributed by atoms with Crippen LogP contribution in [-0.2, 0) is 19.1 Å². The third-order valence-corrected chi connectivity index (χ3v) is 8.71. The van der Waals surface area contributed by atoms with Gasteiger partial charge in [0, 0.05) is 53.8 Å². The first-order chi connectivity index (χ1) is 17.4. The average molecular weight is 531 g/mol. The summed E-state index contributed by atoms with van der Waals surface area (Å²) in [7, 11) is 0. The number of halogens is 1. The Hall–Kier alpha value is -2.65. The van der Waals surface area contributed by atoms with Gasteiger partial charge >= 0.3 is 0 Å². The van der Waals surface area contributed by atoms with Crippen molar-refractivity contribution in [2.75, 3.05) is 38.2 Å². The van der Waals surface area contributed by atoms with Crippen molar-refractivity contribution in [3.05, 3.63) is 28.8 Å². The van der Waals surface area contributed by atoms with E-state index in [9.17, 15) is 19.2 Å². The molecule has 3 saturated heterocycles. The number of benzene rings is 1. The van der Waals surface area contributed by atoms with Gasteiger partial charge in [-0.15, -0.1) is 0 Å². The van der Waals surface area contributed by atoms with Crippen molar-refractivity contribution in [1.29, 1.82) is 0 Å². The van der Waals surface area contributed by atoms with E-state index in [4.69, 9.17) is 16.3 Å². The number of morpholine rings is 1. The molecule has 4 aliphatic heterocycles. The van der Waals surface area contributed by atoms with Crippen LogP contribution >= 0.6 is 11.6 Å². The number of piperidine rings is 1. The Balaban J connectivity index is 1.53. The number of carbonyl (C=O) groups excluding carboxylic acids is 4. The lowest BCUT2D eigenvalue weighted by molar-refractivity contribution is -0.161. The molecule has 4 atom stereocenters. The zero-order valence-corrected chi connectivity index (χ0v) is 22.6. The quantitative estimate of drug-likeness (QED) is 0.621. The van der Waals surface area contributed by atoms with E-state index in [2.05, 4.69) is 10.6 Å². The average Bonchev–Trinajstić information content (AvgIpc) is 3.29. The van der Waals surface area contributed by atoms with Gasteiger partial charge in [0.25, 0.3) is 0 Å². The summed E-state index contributed by atoms with van der Waals surface area (Å²) in [5.74, 6) is -1.97. The molecule has 200 valence electrons. The van der Waals surface area contributed by atoms with Crippen LogP contribution < -0.4 is 10.6 Å². The zero-order chi connectivity index (χ0) is 26.8. The molecule has 9 nitrogen and oxygen atoms in total. The fourth-order valence-electron chi connectivity index (χ4n) is 6.73. The number of fused-ring (bicyclic) bond motifs is 3. The van der Waals surface area contributed by atoms with Crippen molar-refractivity contribution in [3.8, 4) is 0 Å². The van der Waals surface area contributed by atoms with Crippen LogP contribution in [-0.4, -0.2) is 82.8 Å². The van der Waals surface area contributed by atoms with Crippen LogP contribution in [0.15, 0.2) is 18.2 Å². The highest BCUT2D eigenvalue weighted by Gasteiger charge is 2.71. The van der Waals surface area contributed by atoms with Crippen molar-refractivity contribution >= 4 is 40.8 Å². The molecular formula is C27H35ClN4O5. The van der Waals surface area contributed by atoms with Crippen LogP contribution in [0, 0.1) is 11.8 Å². The first kappa shape index (κ1) is 26.0. The van der Waals surface area contributed by atoms with Crippen LogP contribution in [0.2, 0.25) is 5.02 Å². The molecule has 10 heteroatoms. The summed E-state index contributed by atoms with van der Waals surface area (Å²) in [6, 6.07) is 5.15. The summed E-state index contributed by atoms with van der Waals surface area (Å²) in [4.78, 5) is 58.3. The van der Waals surface area contributed by atoms with Crippen LogP contribution in [0.4, 0.5) is 5.69 Å². The second-order valence-electron chi connectivity index (χ2n) is 11.9. The molecule has 0 aromatic heterocycles. The molecule has 0 radical (unpaired) electrons. The Morgan fingerprint density at radius 2 is 1.89 bits per heavy atom. The summed E-state index contributed by atoms with van der Waals surface area (Å²) in [6.45, 7) is 9.66. The number of hydrogen-bond acceptors (Lipinski definition) is 6. The number of nitrogens with zero attached hydrogens (tertiary/aromatic N) is 2. The van der Waals surface area contributed by atoms with E-state index in [0.29, 0.717) is 55.5 Å². The molecule has 1 aromatic rings. The Morgan fingerprint density at radius 3 is 2.57 bits per heavy atom. The minimum absolute atomic E-state index is 0.000215. The molecule has 4 heterocycles. The predicted octanol–water partition coefficient (Wildman–Crippen LogP) is 2.48. The number of Topliss-reactive ketones (excluding diaryl/α,β-unsaturated/α-hetero) is 1. The van der Waals surface area contributed by atoms with E-state index < -0.39 is 28.5 Å². The normalized spacial score (nSPS) is 31.3. The number of carbonyl (C=O) groups is 4. The summed E-state index contributed by atoms with van der Waals surface area (Å²) >= 11 is 6.22. The molecule has 5 rings (SSSR count). The van der Waals surface area contributed by atoms with Crippen LogP contribution in [0.5, 0.6) is 0 Å². The minimum Gasteiger partial charge on any atom is -0.378 e. The van der Waals surface area contributed by atoms with Crippen molar-refractivity contribution in [2.24, 2.45) is 11.8 Å². The maximum absolute atomic E-state index is 14.1. The van der Waals surface area contributed by atoms with Gasteiger partial charge in [-0.25, -0.2) is 0 Å². The minimum atomic E-state index is -1.15. The number of nitrogens with one attached hydrogen (secondary N) is 2. The second-order valence-corrected chi connectivity index (χ2v) is 12.3. The van der Waals surface area contributed by atoms with Crippen LogP contribution in [0.25, 0.3) is 0 Å². The van der Waals surface area contributed by atoms with Crippen molar-refractivity contribution < 1.29 is 23.9 Å². The fraction of sp³-hybridized carbons (Fsp3) is 0.630. The number of anilines is 1. The number of hydrogen-bond donors (Lipinski definition) is 2. The maximum Gasteiger partial charge on any atom is 0.228 e. The molecule has 0 aliphatic carbocycles. The third kappa shape index (κ3) is 4.11. The first-order valence-corrected chi connectivity index (χ1v) is 13.4. The Bertz CT molecular complexity index is 1160. The number of ketones is 1. The van der Waals surface area contributed by atoms with Gasteiger partial charge in [0.1, 0.15) is 5.54 Å². The lowest BCUT2D eigenvalue weighted by Crippen LogP contribution is -2.72. The second kappa shape index (κ2) is 8.98. The van der Waals surface area contributed by atoms with E-state index in [1.165, 1.54) is 0 Å². The molecule has 37 heavy (non-hydrogen) atoms. The maximum atomic E-state index is 14.1. The summed E-state index contributed by atoms with van der Waals surface area (Å²) in [6.07, 6.45) is 0.571. The number of ether oxygens (including phenoxy) is 1. The number of rotatable bonds is 3. The van der Waals surface area contributed by atoms with E-state index >= 15 is 0 Å². The monoisotopic (exact) mass is 530 g/mol. The molecule has 2 N–H and O–H groups in total. The van der Waals surface area contributed by atoms with Gasteiger partial charge < -0.3 is 25.2 Å². The highest BCUT2D eigenvalue weighted by molar-refractivity contribution is 6.31. The Labute approximate surface area is 222 Å². The Morgan fingerprint density at radius 1 is 1.19 bits per heavy atom. The van der Waals surface area contributed by atoms with Gasteiger partial charge in [0.2, 0.25) is 17.7 Å². The molecular weight excluding hydrogens is 496 g/mol. The molecule has 0 bridgehead atoms. The lowest BCUT2D eigenvalue weighted by Gasteiger charge is -2.54. The van der Waals surface area contributed by atoms with E-state index in [1.54, 1.807) is 28.0 Å². The van der Waals surface area contributed by atoms with Crippen molar-refractivity contribution in [1.82, 2.24) is 15.1 Å². The first-order valence-electron chi connectivity index (χ1n) is 13.0. The highest BCUT2D eigenvalue weighted by atomic mass is 35.5. The molecule has 3 amide bonds. The molecule has 0 unspecified atom stereocenters. The van der Waals surface area contributed by atoms with Crippen molar-refractivity contribution in [2.45, 2.75) is 63.6 Å². The smallest absolute Gasteiger partial charge is 0.228 e. The fourth-order valence-corrected chi connectivity index (χ4v) is 6.90.